The Hall–Kier alpha value is -2.44. The molecule has 0 aliphatic heterocycles. The van der Waals surface area contributed by atoms with E-state index in [0.29, 0.717) is 22.7 Å². The summed E-state index contributed by atoms with van der Waals surface area (Å²) in [7, 11) is 0. The van der Waals surface area contributed by atoms with Crippen molar-refractivity contribution in [2.24, 2.45) is 0 Å². The third-order valence-electron chi connectivity index (χ3n) is 3.67. The fourth-order valence-corrected chi connectivity index (χ4v) is 2.41. The molecule has 0 spiro atoms. The fraction of sp³-hybridized carbons (Fsp3) is 0.467. The van der Waals surface area contributed by atoms with Gasteiger partial charge in [0.2, 0.25) is 0 Å². The SMILES string of the molecule is CC(C)c1c(-c2cc(C(C)(C)C)[nH]n2)nc2nc[nH]n2c1=O. The van der Waals surface area contributed by atoms with E-state index < -0.39 is 0 Å². The van der Waals surface area contributed by atoms with E-state index in [1.807, 2.05) is 19.9 Å². The summed E-state index contributed by atoms with van der Waals surface area (Å²) in [4.78, 5) is 21.2. The molecule has 3 heterocycles. The lowest BCUT2D eigenvalue weighted by atomic mass is 9.91. The molecule has 7 heteroatoms. The van der Waals surface area contributed by atoms with Crippen molar-refractivity contribution in [1.29, 1.82) is 0 Å². The highest BCUT2D eigenvalue weighted by Gasteiger charge is 2.23. The number of fused-ring (bicyclic) bond motifs is 1. The summed E-state index contributed by atoms with van der Waals surface area (Å²) in [6.07, 6.45) is 1.46. The molecule has 0 radical (unpaired) electrons. The molecule has 0 aliphatic rings. The number of H-pyrrole nitrogens is 2. The molecule has 0 bridgehead atoms. The Balaban J connectivity index is 2.28. The summed E-state index contributed by atoms with van der Waals surface area (Å²) >= 11 is 0. The van der Waals surface area contributed by atoms with E-state index in [9.17, 15) is 4.79 Å². The average molecular weight is 300 g/mol. The second-order valence-corrected chi connectivity index (χ2v) is 6.77. The molecule has 0 saturated carbocycles. The highest BCUT2D eigenvalue weighted by atomic mass is 16.1. The minimum atomic E-state index is -0.132. The Morgan fingerprint density at radius 2 is 2.00 bits per heavy atom. The van der Waals surface area contributed by atoms with Crippen LogP contribution in [0.3, 0.4) is 0 Å². The number of hydrogen-bond donors (Lipinski definition) is 2. The Bertz CT molecular complexity index is 877. The average Bonchev–Trinajstić information content (AvgIpc) is 3.06. The molecule has 0 fully saturated rings. The second kappa shape index (κ2) is 4.79. The summed E-state index contributed by atoms with van der Waals surface area (Å²) in [6.45, 7) is 10.3. The van der Waals surface area contributed by atoms with E-state index in [1.54, 1.807) is 0 Å². The van der Waals surface area contributed by atoms with Crippen LogP contribution in [-0.4, -0.2) is 29.8 Å². The quantitative estimate of drug-likeness (QED) is 0.759. The first kappa shape index (κ1) is 14.5. The zero-order chi connectivity index (χ0) is 16.1. The van der Waals surface area contributed by atoms with E-state index in [0.717, 1.165) is 5.69 Å². The predicted molar refractivity (Wildman–Crippen MR) is 84.0 cm³/mol. The molecule has 7 nitrogen and oxygen atoms in total. The van der Waals surface area contributed by atoms with Crippen LogP contribution in [0.25, 0.3) is 17.2 Å². The van der Waals surface area contributed by atoms with E-state index in [1.165, 1.54) is 10.8 Å². The third-order valence-corrected chi connectivity index (χ3v) is 3.67. The number of nitrogens with zero attached hydrogens (tertiary/aromatic N) is 4. The van der Waals surface area contributed by atoms with Gasteiger partial charge in [-0.25, -0.2) is 9.97 Å². The molecule has 3 aromatic rings. The number of nitrogens with one attached hydrogen (secondary N) is 2. The van der Waals surface area contributed by atoms with Gasteiger partial charge in [-0.05, 0) is 12.0 Å². The van der Waals surface area contributed by atoms with Gasteiger partial charge >= 0.3 is 0 Å². The molecule has 3 rings (SSSR count). The van der Waals surface area contributed by atoms with Crippen LogP contribution in [0, 0.1) is 0 Å². The molecule has 22 heavy (non-hydrogen) atoms. The molecular weight excluding hydrogens is 280 g/mol. The number of aromatic amines is 2. The van der Waals surface area contributed by atoms with Crippen LogP contribution < -0.4 is 5.56 Å². The van der Waals surface area contributed by atoms with E-state index in [-0.39, 0.29) is 16.9 Å². The predicted octanol–water partition coefficient (Wildman–Crippen LogP) is 2.23. The molecule has 0 atom stereocenters. The van der Waals surface area contributed by atoms with Crippen molar-refractivity contribution in [3.05, 3.63) is 34.0 Å². The minimum Gasteiger partial charge on any atom is -0.281 e. The summed E-state index contributed by atoms with van der Waals surface area (Å²) in [5.74, 6) is 0.384. The van der Waals surface area contributed by atoms with Crippen molar-refractivity contribution in [1.82, 2.24) is 29.8 Å². The van der Waals surface area contributed by atoms with Gasteiger partial charge in [0.15, 0.2) is 0 Å². The Morgan fingerprint density at radius 3 is 2.59 bits per heavy atom. The Kier molecular flexibility index (Phi) is 3.16. The van der Waals surface area contributed by atoms with Gasteiger partial charge in [-0.2, -0.15) is 9.61 Å². The second-order valence-electron chi connectivity index (χ2n) is 6.77. The van der Waals surface area contributed by atoms with Crippen LogP contribution in [0.1, 0.15) is 51.8 Å². The van der Waals surface area contributed by atoms with E-state index in [2.05, 4.69) is 46.0 Å². The van der Waals surface area contributed by atoms with Gasteiger partial charge in [-0.3, -0.25) is 15.0 Å². The van der Waals surface area contributed by atoms with Crippen molar-refractivity contribution in [3.63, 3.8) is 0 Å². The van der Waals surface area contributed by atoms with Gasteiger partial charge in [0, 0.05) is 16.7 Å². The van der Waals surface area contributed by atoms with Gasteiger partial charge in [-0.1, -0.05) is 34.6 Å². The van der Waals surface area contributed by atoms with Crippen LogP contribution in [0.2, 0.25) is 0 Å². The molecule has 2 N–H and O–H groups in total. The zero-order valence-corrected chi connectivity index (χ0v) is 13.4. The van der Waals surface area contributed by atoms with E-state index in [4.69, 9.17) is 0 Å². The third kappa shape index (κ3) is 2.22. The van der Waals surface area contributed by atoms with Gasteiger partial charge in [0.25, 0.3) is 11.3 Å². The number of rotatable bonds is 2. The lowest BCUT2D eigenvalue weighted by Gasteiger charge is -2.14. The summed E-state index contributed by atoms with van der Waals surface area (Å²) in [6, 6.07) is 1.96. The number of hydrogen-bond acceptors (Lipinski definition) is 4. The monoisotopic (exact) mass is 300 g/mol. The normalized spacial score (nSPS) is 12.5. The van der Waals surface area contributed by atoms with Gasteiger partial charge < -0.3 is 0 Å². The molecule has 0 saturated heterocycles. The van der Waals surface area contributed by atoms with Gasteiger partial charge in [-0.15, -0.1) is 0 Å². The van der Waals surface area contributed by atoms with Gasteiger partial charge in [0.05, 0.1) is 0 Å². The largest absolute Gasteiger partial charge is 0.281 e. The number of aromatic nitrogens is 6. The molecule has 0 aromatic carbocycles. The van der Waals surface area contributed by atoms with Crippen LogP contribution in [0.15, 0.2) is 17.2 Å². The summed E-state index contributed by atoms with van der Waals surface area (Å²) in [5, 5.41) is 10.2. The topological polar surface area (TPSA) is 91.7 Å². The first-order valence-corrected chi connectivity index (χ1v) is 7.31. The fourth-order valence-electron chi connectivity index (χ4n) is 2.41. The van der Waals surface area contributed by atoms with Gasteiger partial charge in [0.1, 0.15) is 17.7 Å². The smallest absolute Gasteiger partial charge is 0.278 e. The highest BCUT2D eigenvalue weighted by Crippen LogP contribution is 2.27. The first-order valence-electron chi connectivity index (χ1n) is 7.31. The Labute approximate surface area is 127 Å². The molecule has 0 amide bonds. The maximum atomic E-state index is 12.6. The zero-order valence-electron chi connectivity index (χ0n) is 13.4. The highest BCUT2D eigenvalue weighted by molar-refractivity contribution is 5.62. The first-order chi connectivity index (χ1) is 10.3. The minimum absolute atomic E-state index is 0.0324. The molecule has 116 valence electrons. The Morgan fingerprint density at radius 1 is 1.27 bits per heavy atom. The molecule has 0 aliphatic carbocycles. The van der Waals surface area contributed by atoms with E-state index >= 15 is 0 Å². The van der Waals surface area contributed by atoms with Crippen molar-refractivity contribution in [3.8, 4) is 11.4 Å². The van der Waals surface area contributed by atoms with Crippen molar-refractivity contribution < 1.29 is 0 Å². The summed E-state index contributed by atoms with van der Waals surface area (Å²) < 4.78 is 1.36. The summed E-state index contributed by atoms with van der Waals surface area (Å²) in [5.41, 5.74) is 2.73. The molecule has 0 unspecified atom stereocenters. The standard InChI is InChI=1S/C15H20N6O/c1-8(2)11-12(9-6-10(20-19-9)15(3,4)5)18-14-16-7-17-21(14)13(11)22/h6-8H,1-5H3,(H,19,20)(H,16,17,18). The van der Waals surface area contributed by atoms with Crippen LogP contribution >= 0.6 is 0 Å². The lowest BCUT2D eigenvalue weighted by molar-refractivity contribution is 0.567. The van der Waals surface area contributed by atoms with Crippen LogP contribution in [-0.2, 0) is 5.41 Å². The van der Waals surface area contributed by atoms with Crippen molar-refractivity contribution in [2.45, 2.75) is 46.0 Å². The van der Waals surface area contributed by atoms with Crippen LogP contribution in [0.4, 0.5) is 0 Å². The maximum Gasteiger partial charge on any atom is 0.278 e. The maximum absolute atomic E-state index is 12.6. The molecular formula is C15H20N6O. The van der Waals surface area contributed by atoms with Crippen LogP contribution in [0.5, 0.6) is 0 Å². The molecule has 3 aromatic heterocycles. The lowest BCUT2D eigenvalue weighted by Crippen LogP contribution is -2.22. The van der Waals surface area contributed by atoms with Crippen molar-refractivity contribution >= 4 is 5.78 Å². The van der Waals surface area contributed by atoms with Crippen molar-refractivity contribution in [2.75, 3.05) is 0 Å².